The molecule has 5 rings (SSSR count). The Morgan fingerprint density at radius 3 is 2.50 bits per heavy atom. The molecule has 0 bridgehead atoms. The number of carbonyl (C=O) groups is 1. The Kier molecular flexibility index (Phi) is 5.51. The van der Waals surface area contributed by atoms with Crippen LogP contribution < -0.4 is 5.32 Å². The Labute approximate surface area is 194 Å². The first kappa shape index (κ1) is 22.4. The number of carbonyl (C=O) groups excluding carboxylic acids is 1. The largest absolute Gasteiger partial charge is 0.390 e. The van der Waals surface area contributed by atoms with Crippen LogP contribution >= 0.6 is 0 Å². The average Bonchev–Trinajstić information content (AvgIpc) is 3.03. The van der Waals surface area contributed by atoms with E-state index in [1.807, 2.05) is 30.3 Å². The molecule has 4 saturated carbocycles. The summed E-state index contributed by atoms with van der Waals surface area (Å²) in [7, 11) is 0. The molecule has 0 radical (unpaired) electrons. The number of Topliss-reactive ketones (excluding diaryl/α,β-unsaturated/α-hetero) is 1. The van der Waals surface area contributed by atoms with Gasteiger partial charge in [-0.15, -0.1) is 0 Å². The van der Waals surface area contributed by atoms with Crippen molar-refractivity contribution in [3.05, 3.63) is 30.3 Å². The Hall–Kier alpha value is -1.35. The van der Waals surface area contributed by atoms with E-state index in [0.717, 1.165) is 30.4 Å². The van der Waals surface area contributed by atoms with E-state index in [9.17, 15) is 9.90 Å². The van der Waals surface area contributed by atoms with Gasteiger partial charge in [-0.1, -0.05) is 39.0 Å². The highest BCUT2D eigenvalue weighted by Gasteiger charge is 2.63. The van der Waals surface area contributed by atoms with Crippen LogP contribution in [-0.2, 0) is 4.79 Å². The Morgan fingerprint density at radius 1 is 1.00 bits per heavy atom. The number of aliphatic hydroxyl groups is 1. The molecule has 0 spiro atoms. The molecule has 0 amide bonds. The summed E-state index contributed by atoms with van der Waals surface area (Å²) in [6.07, 6.45) is 9.37. The topological polar surface area (TPSA) is 49.3 Å². The summed E-state index contributed by atoms with van der Waals surface area (Å²) in [5.41, 5.74) is 1.11. The van der Waals surface area contributed by atoms with Gasteiger partial charge in [0, 0.05) is 11.6 Å². The molecule has 0 heterocycles. The first-order chi connectivity index (χ1) is 15.1. The van der Waals surface area contributed by atoms with Crippen molar-refractivity contribution in [1.82, 2.24) is 0 Å². The summed E-state index contributed by atoms with van der Waals surface area (Å²) in [6, 6.07) is 10.1. The molecule has 3 heteroatoms. The molecule has 0 aromatic heterocycles. The molecule has 4 fully saturated rings. The van der Waals surface area contributed by atoms with Gasteiger partial charge in [-0.05, 0) is 111 Å². The standard InChI is InChI=1S/C29H43NO2/c1-19-16-24-22-11-10-20-17-27(2,32)14-15-28(20,3)23(22)12-13-29(24,4)26(19)25(31)18-30-21-8-6-5-7-9-21/h5-9,19-20,22-24,26,30,32H,10-18H2,1-4H3/t19-,20+,22-,23+,24+,26-,27-,28+,29+/m1/s1. The lowest BCUT2D eigenvalue weighted by Gasteiger charge is -2.61. The zero-order valence-corrected chi connectivity index (χ0v) is 20.6. The third-order valence-electron chi connectivity index (χ3n) is 10.9. The number of rotatable bonds is 4. The summed E-state index contributed by atoms with van der Waals surface area (Å²) in [6.45, 7) is 9.85. The van der Waals surface area contributed by atoms with Gasteiger partial charge in [0.05, 0.1) is 12.1 Å². The second kappa shape index (κ2) is 7.86. The molecular weight excluding hydrogens is 394 g/mol. The molecule has 32 heavy (non-hydrogen) atoms. The van der Waals surface area contributed by atoms with Gasteiger partial charge in [-0.25, -0.2) is 0 Å². The predicted octanol–water partition coefficient (Wildman–Crippen LogP) is 6.32. The van der Waals surface area contributed by atoms with Crippen molar-refractivity contribution in [3.8, 4) is 0 Å². The van der Waals surface area contributed by atoms with Crippen molar-refractivity contribution >= 4 is 11.5 Å². The smallest absolute Gasteiger partial charge is 0.155 e. The van der Waals surface area contributed by atoms with Gasteiger partial charge < -0.3 is 10.4 Å². The van der Waals surface area contributed by atoms with Gasteiger partial charge in [0.25, 0.3) is 0 Å². The lowest BCUT2D eigenvalue weighted by atomic mass is 9.44. The van der Waals surface area contributed by atoms with Crippen molar-refractivity contribution < 1.29 is 9.90 Å². The molecule has 0 unspecified atom stereocenters. The minimum absolute atomic E-state index is 0.152. The number of fused-ring (bicyclic) bond motifs is 5. The van der Waals surface area contributed by atoms with Crippen molar-refractivity contribution in [2.24, 2.45) is 46.3 Å². The third kappa shape index (κ3) is 3.54. The maximum absolute atomic E-state index is 13.5. The van der Waals surface area contributed by atoms with E-state index in [0.29, 0.717) is 35.5 Å². The summed E-state index contributed by atoms with van der Waals surface area (Å²) < 4.78 is 0. The van der Waals surface area contributed by atoms with Crippen LogP contribution in [0.2, 0.25) is 0 Å². The van der Waals surface area contributed by atoms with Crippen LogP contribution in [0.5, 0.6) is 0 Å². The number of para-hydroxylation sites is 1. The fourth-order valence-corrected chi connectivity index (χ4v) is 9.34. The van der Waals surface area contributed by atoms with Crippen LogP contribution in [0.4, 0.5) is 5.69 Å². The van der Waals surface area contributed by atoms with E-state index < -0.39 is 5.60 Å². The normalized spacial score (nSPS) is 47.8. The summed E-state index contributed by atoms with van der Waals surface area (Å²) in [5.74, 6) is 3.97. The van der Waals surface area contributed by atoms with Gasteiger partial charge in [0.1, 0.15) is 0 Å². The van der Waals surface area contributed by atoms with Crippen LogP contribution in [-0.4, -0.2) is 23.0 Å². The Morgan fingerprint density at radius 2 is 1.75 bits per heavy atom. The van der Waals surface area contributed by atoms with Gasteiger partial charge in [0.2, 0.25) is 0 Å². The van der Waals surface area contributed by atoms with E-state index >= 15 is 0 Å². The third-order valence-corrected chi connectivity index (χ3v) is 10.9. The van der Waals surface area contributed by atoms with Crippen LogP contribution in [0.15, 0.2) is 30.3 Å². The first-order valence-electron chi connectivity index (χ1n) is 13.2. The fraction of sp³-hybridized carbons (Fsp3) is 0.759. The van der Waals surface area contributed by atoms with E-state index in [4.69, 9.17) is 0 Å². The molecule has 0 aliphatic heterocycles. The molecule has 2 N–H and O–H groups in total. The lowest BCUT2D eigenvalue weighted by molar-refractivity contribution is -0.150. The zero-order valence-electron chi connectivity index (χ0n) is 20.6. The SMILES string of the molecule is C[C@@H]1C[C@H]2[C@@H]3CC[C@H]4C[C@](C)(O)CC[C@]4(C)[C@H]3CC[C@]2(C)[C@H]1C(=O)CNc1ccccc1. The number of benzene rings is 1. The maximum Gasteiger partial charge on any atom is 0.155 e. The van der Waals surface area contributed by atoms with Crippen molar-refractivity contribution in [2.75, 3.05) is 11.9 Å². The van der Waals surface area contributed by atoms with Gasteiger partial charge in [-0.3, -0.25) is 4.79 Å². The molecule has 1 aromatic rings. The van der Waals surface area contributed by atoms with Gasteiger partial charge in [-0.2, -0.15) is 0 Å². The number of anilines is 1. The summed E-state index contributed by atoms with van der Waals surface area (Å²) in [5, 5.41) is 14.1. The zero-order chi connectivity index (χ0) is 22.7. The lowest BCUT2D eigenvalue weighted by Crippen LogP contribution is -2.55. The van der Waals surface area contributed by atoms with Gasteiger partial charge >= 0.3 is 0 Å². The summed E-state index contributed by atoms with van der Waals surface area (Å²) >= 11 is 0. The average molecular weight is 438 g/mol. The van der Waals surface area contributed by atoms with Crippen LogP contribution in [0, 0.1) is 46.3 Å². The number of nitrogens with one attached hydrogen (secondary N) is 1. The second-order valence-corrected chi connectivity index (χ2v) is 12.8. The van der Waals surface area contributed by atoms with E-state index in [1.54, 1.807) is 0 Å². The monoisotopic (exact) mass is 437 g/mol. The molecule has 1 aromatic carbocycles. The fourth-order valence-electron chi connectivity index (χ4n) is 9.34. The highest BCUT2D eigenvalue weighted by Crippen LogP contribution is 2.68. The van der Waals surface area contributed by atoms with Crippen molar-refractivity contribution in [3.63, 3.8) is 0 Å². The Bertz CT molecular complexity index is 850. The predicted molar refractivity (Wildman–Crippen MR) is 130 cm³/mol. The van der Waals surface area contributed by atoms with Crippen LogP contribution in [0.3, 0.4) is 0 Å². The molecule has 4 aliphatic rings. The molecule has 3 nitrogen and oxygen atoms in total. The highest BCUT2D eigenvalue weighted by atomic mass is 16.3. The molecule has 9 atom stereocenters. The number of hydrogen-bond donors (Lipinski definition) is 2. The van der Waals surface area contributed by atoms with Crippen LogP contribution in [0.1, 0.15) is 79.1 Å². The number of ketones is 1. The highest BCUT2D eigenvalue weighted by molar-refractivity contribution is 5.86. The molecular formula is C29H43NO2. The van der Waals surface area contributed by atoms with Crippen LogP contribution in [0.25, 0.3) is 0 Å². The minimum Gasteiger partial charge on any atom is -0.390 e. The first-order valence-corrected chi connectivity index (χ1v) is 13.2. The molecule has 0 saturated heterocycles. The molecule has 4 aliphatic carbocycles. The maximum atomic E-state index is 13.5. The summed E-state index contributed by atoms with van der Waals surface area (Å²) in [4.78, 5) is 13.5. The molecule has 176 valence electrons. The number of hydrogen-bond acceptors (Lipinski definition) is 3. The quantitative estimate of drug-likeness (QED) is 0.579. The van der Waals surface area contributed by atoms with Crippen molar-refractivity contribution in [1.29, 1.82) is 0 Å². The van der Waals surface area contributed by atoms with E-state index in [2.05, 4.69) is 33.0 Å². The van der Waals surface area contributed by atoms with E-state index in [1.165, 1.54) is 38.5 Å². The Balaban J connectivity index is 1.33. The van der Waals surface area contributed by atoms with E-state index in [-0.39, 0.29) is 11.3 Å². The minimum atomic E-state index is -0.467. The van der Waals surface area contributed by atoms with Crippen molar-refractivity contribution in [2.45, 2.75) is 84.7 Å². The van der Waals surface area contributed by atoms with Gasteiger partial charge in [0.15, 0.2) is 5.78 Å². The second-order valence-electron chi connectivity index (χ2n) is 12.8.